The molecule has 1 aromatic heterocycles. The first kappa shape index (κ1) is 15.8. The van der Waals surface area contributed by atoms with E-state index < -0.39 is 0 Å². The summed E-state index contributed by atoms with van der Waals surface area (Å²) < 4.78 is 2.42. The van der Waals surface area contributed by atoms with Gasteiger partial charge in [0.1, 0.15) is 6.54 Å². The maximum atomic E-state index is 12.0. The van der Waals surface area contributed by atoms with Crippen LogP contribution in [0.25, 0.3) is 0 Å². The van der Waals surface area contributed by atoms with Crippen LogP contribution in [0.4, 0.5) is 11.4 Å². The minimum Gasteiger partial charge on any atom is -0.398 e. The fraction of sp³-hybridized carbons (Fsp3) is 0.143. The summed E-state index contributed by atoms with van der Waals surface area (Å²) in [5, 5.41) is 2.72. The maximum absolute atomic E-state index is 12.0. The summed E-state index contributed by atoms with van der Waals surface area (Å²) in [6, 6.07) is 6.92. The van der Waals surface area contributed by atoms with Gasteiger partial charge in [-0.2, -0.15) is 0 Å². The van der Waals surface area contributed by atoms with Gasteiger partial charge >= 0.3 is 0 Å². The summed E-state index contributed by atoms with van der Waals surface area (Å²) in [5.41, 5.74) is 7.68. The number of anilines is 2. The van der Waals surface area contributed by atoms with Crippen LogP contribution >= 0.6 is 31.9 Å². The highest BCUT2D eigenvalue weighted by atomic mass is 79.9. The van der Waals surface area contributed by atoms with Gasteiger partial charge in [0.05, 0.1) is 4.47 Å². The molecule has 0 atom stereocenters. The summed E-state index contributed by atoms with van der Waals surface area (Å²) >= 11 is 6.44. The number of hydrogen-bond donors (Lipinski definition) is 2. The predicted octanol–water partition coefficient (Wildman–Crippen LogP) is 2.90. The van der Waals surface area contributed by atoms with E-state index in [0.717, 1.165) is 5.56 Å². The van der Waals surface area contributed by atoms with Crippen LogP contribution in [0.5, 0.6) is 0 Å². The lowest BCUT2D eigenvalue weighted by Crippen LogP contribution is -2.27. The number of hydrogen-bond acceptors (Lipinski definition) is 3. The molecule has 21 heavy (non-hydrogen) atoms. The lowest BCUT2D eigenvalue weighted by atomic mass is 10.2. The summed E-state index contributed by atoms with van der Waals surface area (Å²) in [5.74, 6) is -0.301. The topological polar surface area (TPSA) is 77.1 Å². The fourth-order valence-corrected chi connectivity index (χ4v) is 3.01. The molecule has 7 heteroatoms. The van der Waals surface area contributed by atoms with Crippen molar-refractivity contribution in [3.63, 3.8) is 0 Å². The Hall–Kier alpha value is -1.60. The highest BCUT2D eigenvalue weighted by Gasteiger charge is 2.09. The smallest absolute Gasteiger partial charge is 0.265 e. The highest BCUT2D eigenvalue weighted by Crippen LogP contribution is 2.17. The molecule has 0 fully saturated rings. The van der Waals surface area contributed by atoms with Crippen molar-refractivity contribution in [1.29, 1.82) is 0 Å². The van der Waals surface area contributed by atoms with Crippen molar-refractivity contribution in [3.8, 4) is 0 Å². The Morgan fingerprint density at radius 3 is 2.71 bits per heavy atom. The van der Waals surface area contributed by atoms with E-state index in [4.69, 9.17) is 5.73 Å². The Morgan fingerprint density at radius 1 is 1.33 bits per heavy atom. The van der Waals surface area contributed by atoms with Gasteiger partial charge in [-0.1, -0.05) is 6.07 Å². The molecule has 0 unspecified atom stereocenters. The normalized spacial score (nSPS) is 10.4. The van der Waals surface area contributed by atoms with Gasteiger partial charge in [-0.05, 0) is 62.5 Å². The molecule has 1 amide bonds. The quantitative estimate of drug-likeness (QED) is 0.758. The van der Waals surface area contributed by atoms with Crippen LogP contribution in [-0.2, 0) is 11.3 Å². The molecule has 0 bridgehead atoms. The van der Waals surface area contributed by atoms with E-state index in [2.05, 4.69) is 37.2 Å². The second-order valence-electron chi connectivity index (χ2n) is 4.56. The third-order valence-electron chi connectivity index (χ3n) is 2.89. The van der Waals surface area contributed by atoms with E-state index >= 15 is 0 Å². The number of carbonyl (C=O) groups is 1. The molecular weight excluding hydrogens is 402 g/mol. The minimum atomic E-state index is -0.301. The van der Waals surface area contributed by atoms with Crippen LogP contribution in [0.15, 0.2) is 44.2 Å². The van der Waals surface area contributed by atoms with Crippen LogP contribution in [-0.4, -0.2) is 10.5 Å². The number of pyridine rings is 1. The fourth-order valence-electron chi connectivity index (χ4n) is 1.76. The van der Waals surface area contributed by atoms with Gasteiger partial charge < -0.3 is 15.6 Å². The summed E-state index contributed by atoms with van der Waals surface area (Å²) in [4.78, 5) is 23.9. The third-order valence-corrected chi connectivity index (χ3v) is 3.89. The number of nitrogens with one attached hydrogen (secondary N) is 1. The number of nitrogens with zero attached hydrogens (tertiary/aromatic N) is 1. The number of rotatable bonds is 3. The van der Waals surface area contributed by atoms with Gasteiger partial charge in [0.2, 0.25) is 5.91 Å². The Labute approximate surface area is 138 Å². The van der Waals surface area contributed by atoms with E-state index in [9.17, 15) is 9.59 Å². The van der Waals surface area contributed by atoms with Crippen molar-refractivity contribution in [2.45, 2.75) is 13.5 Å². The van der Waals surface area contributed by atoms with Crippen molar-refractivity contribution in [3.05, 3.63) is 55.3 Å². The molecular formula is C14H13Br2N3O2. The molecule has 2 rings (SSSR count). The zero-order valence-electron chi connectivity index (χ0n) is 11.2. The number of amides is 1. The van der Waals surface area contributed by atoms with Crippen LogP contribution < -0.4 is 16.6 Å². The summed E-state index contributed by atoms with van der Waals surface area (Å²) in [6.45, 7) is 1.81. The Balaban J connectivity index is 2.15. The second-order valence-corrected chi connectivity index (χ2v) is 6.33. The minimum absolute atomic E-state index is 0.0787. The van der Waals surface area contributed by atoms with Crippen molar-refractivity contribution in [2.75, 3.05) is 11.1 Å². The number of aryl methyl sites for hydroxylation is 1. The first-order valence-electron chi connectivity index (χ1n) is 6.08. The zero-order chi connectivity index (χ0) is 15.6. The first-order valence-corrected chi connectivity index (χ1v) is 7.67. The molecule has 0 aliphatic carbocycles. The molecule has 0 aliphatic rings. The number of aromatic nitrogens is 1. The average Bonchev–Trinajstić information content (AvgIpc) is 2.39. The second kappa shape index (κ2) is 6.44. The van der Waals surface area contributed by atoms with Gasteiger partial charge in [-0.3, -0.25) is 9.59 Å². The molecule has 2 aromatic rings. The van der Waals surface area contributed by atoms with Crippen molar-refractivity contribution >= 4 is 49.1 Å². The Bertz CT molecular complexity index is 756. The van der Waals surface area contributed by atoms with Crippen LogP contribution in [0.1, 0.15) is 5.56 Å². The first-order chi connectivity index (χ1) is 9.86. The van der Waals surface area contributed by atoms with Gasteiger partial charge in [0.25, 0.3) is 5.56 Å². The largest absolute Gasteiger partial charge is 0.398 e. The molecule has 1 aromatic carbocycles. The van der Waals surface area contributed by atoms with Gasteiger partial charge in [0, 0.05) is 22.0 Å². The predicted molar refractivity (Wildman–Crippen MR) is 90.3 cm³/mol. The summed E-state index contributed by atoms with van der Waals surface area (Å²) in [6.07, 6.45) is 1.57. The van der Waals surface area contributed by atoms with E-state index in [-0.39, 0.29) is 18.0 Å². The molecule has 0 saturated carbocycles. The molecule has 3 N–H and O–H groups in total. The van der Waals surface area contributed by atoms with Crippen LogP contribution in [0.3, 0.4) is 0 Å². The van der Waals surface area contributed by atoms with Gasteiger partial charge in [-0.25, -0.2) is 0 Å². The van der Waals surface area contributed by atoms with E-state index in [0.29, 0.717) is 20.3 Å². The van der Waals surface area contributed by atoms with Crippen molar-refractivity contribution < 1.29 is 4.79 Å². The number of nitrogen functional groups attached to an aromatic ring is 1. The highest BCUT2D eigenvalue weighted by molar-refractivity contribution is 9.11. The Morgan fingerprint density at radius 2 is 2.05 bits per heavy atom. The van der Waals surface area contributed by atoms with Crippen LogP contribution in [0.2, 0.25) is 0 Å². The standard InChI is InChI=1S/C14H13Br2N3O2/c1-8-2-3-10(5-12(8)17)18-13(20)7-19-6-9(15)4-11(16)14(19)21/h2-6H,7,17H2,1H3,(H,18,20). The maximum Gasteiger partial charge on any atom is 0.265 e. The zero-order valence-corrected chi connectivity index (χ0v) is 14.4. The van der Waals surface area contributed by atoms with E-state index in [1.807, 2.05) is 13.0 Å². The Kier molecular flexibility index (Phi) is 4.84. The van der Waals surface area contributed by atoms with Gasteiger partial charge in [0.15, 0.2) is 0 Å². The number of carbonyl (C=O) groups excluding carboxylic acids is 1. The SMILES string of the molecule is Cc1ccc(NC(=O)Cn2cc(Br)cc(Br)c2=O)cc1N. The average molecular weight is 415 g/mol. The molecule has 110 valence electrons. The number of benzene rings is 1. The summed E-state index contributed by atoms with van der Waals surface area (Å²) in [7, 11) is 0. The molecule has 1 heterocycles. The number of halogens is 2. The molecule has 0 radical (unpaired) electrons. The van der Waals surface area contributed by atoms with E-state index in [1.54, 1.807) is 24.4 Å². The monoisotopic (exact) mass is 413 g/mol. The lowest BCUT2D eigenvalue weighted by molar-refractivity contribution is -0.116. The lowest BCUT2D eigenvalue weighted by Gasteiger charge is -2.09. The molecule has 5 nitrogen and oxygen atoms in total. The van der Waals surface area contributed by atoms with Crippen molar-refractivity contribution in [1.82, 2.24) is 4.57 Å². The van der Waals surface area contributed by atoms with E-state index in [1.165, 1.54) is 4.57 Å². The molecule has 0 aliphatic heterocycles. The van der Waals surface area contributed by atoms with Crippen molar-refractivity contribution in [2.24, 2.45) is 0 Å². The van der Waals surface area contributed by atoms with Gasteiger partial charge in [-0.15, -0.1) is 0 Å². The third kappa shape index (κ3) is 3.95. The molecule has 0 spiro atoms. The van der Waals surface area contributed by atoms with Crippen LogP contribution in [0, 0.1) is 6.92 Å². The number of nitrogens with two attached hydrogens (primary N) is 1. The molecule has 0 saturated heterocycles.